The average Bonchev–Trinajstić information content (AvgIpc) is 2.42. The van der Waals surface area contributed by atoms with Crippen molar-refractivity contribution in [1.29, 1.82) is 5.26 Å². The summed E-state index contributed by atoms with van der Waals surface area (Å²) < 4.78 is 13.6. The minimum atomic E-state index is -0.557. The second kappa shape index (κ2) is 5.63. The van der Waals surface area contributed by atoms with Gasteiger partial charge in [0.1, 0.15) is 5.82 Å². The Balaban J connectivity index is 2.04. The van der Waals surface area contributed by atoms with Crippen LogP contribution in [0.4, 0.5) is 10.1 Å². The van der Waals surface area contributed by atoms with Crippen molar-refractivity contribution >= 4 is 11.6 Å². The number of hydrogen-bond donors (Lipinski definition) is 1. The van der Waals surface area contributed by atoms with E-state index in [1.54, 1.807) is 0 Å². The van der Waals surface area contributed by atoms with E-state index < -0.39 is 5.82 Å². The van der Waals surface area contributed by atoms with Crippen LogP contribution < -0.4 is 5.32 Å². The number of benzene rings is 1. The lowest BCUT2D eigenvalue weighted by atomic mass is 9.88. The molecule has 1 aliphatic rings. The van der Waals surface area contributed by atoms with Gasteiger partial charge in [0, 0.05) is 5.92 Å². The first-order chi connectivity index (χ1) is 8.70. The Bertz CT molecular complexity index is 487. The number of carbonyl (C=O) groups excluding carboxylic acids is 1. The quantitative estimate of drug-likeness (QED) is 0.871. The van der Waals surface area contributed by atoms with Gasteiger partial charge in [0.15, 0.2) is 0 Å². The van der Waals surface area contributed by atoms with Crippen LogP contribution in [-0.4, -0.2) is 5.91 Å². The van der Waals surface area contributed by atoms with Crippen LogP contribution in [0.15, 0.2) is 18.2 Å². The van der Waals surface area contributed by atoms with E-state index in [4.69, 9.17) is 5.26 Å². The summed E-state index contributed by atoms with van der Waals surface area (Å²) in [4.78, 5) is 11.9. The molecule has 0 bridgehead atoms. The molecule has 18 heavy (non-hydrogen) atoms. The molecule has 1 amide bonds. The number of nitriles is 1. The Kier molecular flexibility index (Phi) is 3.93. The van der Waals surface area contributed by atoms with Gasteiger partial charge in [-0.25, -0.2) is 4.39 Å². The number of amides is 1. The second-order valence-corrected chi connectivity index (χ2v) is 4.63. The monoisotopic (exact) mass is 246 g/mol. The molecule has 3 nitrogen and oxygen atoms in total. The fourth-order valence-electron chi connectivity index (χ4n) is 2.29. The van der Waals surface area contributed by atoms with Crippen molar-refractivity contribution in [2.45, 2.75) is 32.1 Å². The lowest BCUT2D eigenvalue weighted by molar-refractivity contribution is -0.120. The first-order valence-electron chi connectivity index (χ1n) is 6.21. The molecule has 0 radical (unpaired) electrons. The smallest absolute Gasteiger partial charge is 0.227 e. The molecule has 0 saturated heterocycles. The summed E-state index contributed by atoms with van der Waals surface area (Å²) in [5.74, 6) is -0.676. The van der Waals surface area contributed by atoms with Gasteiger partial charge in [0.05, 0.1) is 17.3 Å². The van der Waals surface area contributed by atoms with Gasteiger partial charge in [-0.1, -0.05) is 19.3 Å². The predicted octanol–water partition coefficient (Wildman–Crippen LogP) is 3.22. The van der Waals surface area contributed by atoms with Gasteiger partial charge < -0.3 is 5.32 Å². The molecular weight excluding hydrogens is 231 g/mol. The Morgan fingerprint density at radius 1 is 1.33 bits per heavy atom. The van der Waals surface area contributed by atoms with Crippen LogP contribution >= 0.6 is 0 Å². The van der Waals surface area contributed by atoms with Crippen LogP contribution in [0.25, 0.3) is 0 Å². The zero-order valence-electron chi connectivity index (χ0n) is 10.1. The minimum absolute atomic E-state index is 0.00575. The molecule has 0 aromatic heterocycles. The predicted molar refractivity (Wildman–Crippen MR) is 66.3 cm³/mol. The summed E-state index contributed by atoms with van der Waals surface area (Å²) in [5.41, 5.74) is 0.410. The van der Waals surface area contributed by atoms with E-state index in [1.807, 2.05) is 6.07 Å². The van der Waals surface area contributed by atoms with Crippen molar-refractivity contribution in [3.8, 4) is 6.07 Å². The van der Waals surface area contributed by atoms with E-state index in [-0.39, 0.29) is 23.1 Å². The standard InChI is InChI=1S/C14H15FN2O/c15-12-8-10(9-16)6-7-13(12)17-14(18)11-4-2-1-3-5-11/h6-8,11H,1-5H2,(H,17,18). The molecule has 1 aromatic rings. The van der Waals surface area contributed by atoms with Crippen LogP contribution in [0.5, 0.6) is 0 Å². The fraction of sp³-hybridized carbons (Fsp3) is 0.429. The van der Waals surface area contributed by atoms with Crippen molar-refractivity contribution in [2.24, 2.45) is 5.92 Å². The van der Waals surface area contributed by atoms with E-state index in [0.29, 0.717) is 0 Å². The first-order valence-corrected chi connectivity index (χ1v) is 6.21. The van der Waals surface area contributed by atoms with Gasteiger partial charge >= 0.3 is 0 Å². The molecular formula is C14H15FN2O. The van der Waals surface area contributed by atoms with E-state index in [9.17, 15) is 9.18 Å². The molecule has 0 unspecified atom stereocenters. The zero-order chi connectivity index (χ0) is 13.0. The molecule has 1 aromatic carbocycles. The van der Waals surface area contributed by atoms with Gasteiger partial charge in [0.25, 0.3) is 0 Å². The Hall–Kier alpha value is -1.89. The molecule has 1 N–H and O–H groups in total. The van der Waals surface area contributed by atoms with Crippen molar-refractivity contribution in [3.05, 3.63) is 29.6 Å². The third kappa shape index (κ3) is 2.86. The molecule has 0 spiro atoms. The summed E-state index contributed by atoms with van der Waals surface area (Å²) >= 11 is 0. The average molecular weight is 246 g/mol. The number of anilines is 1. The van der Waals surface area contributed by atoms with Gasteiger partial charge in [0.2, 0.25) is 5.91 Å². The molecule has 4 heteroatoms. The van der Waals surface area contributed by atoms with Crippen molar-refractivity contribution in [3.63, 3.8) is 0 Å². The number of halogens is 1. The maximum Gasteiger partial charge on any atom is 0.227 e. The Morgan fingerprint density at radius 2 is 2.06 bits per heavy atom. The van der Waals surface area contributed by atoms with Crippen LogP contribution in [-0.2, 0) is 4.79 Å². The zero-order valence-corrected chi connectivity index (χ0v) is 10.1. The van der Waals surface area contributed by atoms with Crippen molar-refractivity contribution in [1.82, 2.24) is 0 Å². The van der Waals surface area contributed by atoms with Crippen molar-refractivity contribution < 1.29 is 9.18 Å². The molecule has 0 atom stereocenters. The summed E-state index contributed by atoms with van der Waals surface area (Å²) in [6.45, 7) is 0. The number of rotatable bonds is 2. The highest BCUT2D eigenvalue weighted by Crippen LogP contribution is 2.25. The lowest BCUT2D eigenvalue weighted by Gasteiger charge is -2.20. The molecule has 1 saturated carbocycles. The number of carbonyl (C=O) groups is 1. The van der Waals surface area contributed by atoms with Crippen LogP contribution in [0.1, 0.15) is 37.7 Å². The van der Waals surface area contributed by atoms with Gasteiger partial charge in [-0.15, -0.1) is 0 Å². The van der Waals surface area contributed by atoms with Crippen LogP contribution in [0, 0.1) is 23.1 Å². The fourth-order valence-corrected chi connectivity index (χ4v) is 2.29. The maximum absolute atomic E-state index is 13.6. The summed E-state index contributed by atoms with van der Waals surface area (Å²) in [5, 5.41) is 11.2. The Morgan fingerprint density at radius 3 is 2.67 bits per heavy atom. The largest absolute Gasteiger partial charge is 0.323 e. The van der Waals surface area contributed by atoms with Crippen LogP contribution in [0.2, 0.25) is 0 Å². The molecule has 94 valence electrons. The van der Waals surface area contributed by atoms with Gasteiger partial charge in [-0.05, 0) is 31.0 Å². The molecule has 1 aliphatic carbocycles. The molecule has 1 fully saturated rings. The Labute approximate surface area is 106 Å². The van der Waals surface area contributed by atoms with Gasteiger partial charge in [-0.2, -0.15) is 5.26 Å². The summed E-state index contributed by atoms with van der Waals surface area (Å²) in [7, 11) is 0. The number of nitrogens with zero attached hydrogens (tertiary/aromatic N) is 1. The highest BCUT2D eigenvalue weighted by Gasteiger charge is 2.21. The lowest BCUT2D eigenvalue weighted by Crippen LogP contribution is -2.25. The van der Waals surface area contributed by atoms with E-state index in [1.165, 1.54) is 18.6 Å². The topological polar surface area (TPSA) is 52.9 Å². The summed E-state index contributed by atoms with van der Waals surface area (Å²) in [6, 6.07) is 5.93. The highest BCUT2D eigenvalue weighted by atomic mass is 19.1. The summed E-state index contributed by atoms with van der Waals surface area (Å²) in [6.07, 6.45) is 5.06. The van der Waals surface area contributed by atoms with Crippen molar-refractivity contribution in [2.75, 3.05) is 5.32 Å². The minimum Gasteiger partial charge on any atom is -0.323 e. The normalized spacial score (nSPS) is 16.0. The SMILES string of the molecule is N#Cc1ccc(NC(=O)C2CCCCC2)c(F)c1. The third-order valence-corrected chi connectivity index (χ3v) is 3.33. The number of nitrogens with one attached hydrogen (secondary N) is 1. The van der Waals surface area contributed by atoms with E-state index in [2.05, 4.69) is 5.32 Å². The second-order valence-electron chi connectivity index (χ2n) is 4.63. The highest BCUT2D eigenvalue weighted by molar-refractivity contribution is 5.92. The number of hydrogen-bond acceptors (Lipinski definition) is 2. The third-order valence-electron chi connectivity index (χ3n) is 3.33. The van der Waals surface area contributed by atoms with Gasteiger partial charge in [-0.3, -0.25) is 4.79 Å². The van der Waals surface area contributed by atoms with E-state index in [0.717, 1.165) is 31.7 Å². The first kappa shape index (κ1) is 12.6. The molecule has 0 aliphatic heterocycles. The molecule has 2 rings (SSSR count). The maximum atomic E-state index is 13.6. The van der Waals surface area contributed by atoms with E-state index >= 15 is 0 Å². The molecule has 0 heterocycles. The van der Waals surface area contributed by atoms with Crippen LogP contribution in [0.3, 0.4) is 0 Å².